The van der Waals surface area contributed by atoms with Gasteiger partial charge in [-0.1, -0.05) is 35.3 Å². The molecule has 2 unspecified atom stereocenters. The van der Waals surface area contributed by atoms with E-state index in [9.17, 15) is 9.59 Å². The average molecular weight is 357 g/mol. The number of esters is 1. The van der Waals surface area contributed by atoms with Crippen molar-refractivity contribution in [3.63, 3.8) is 0 Å². The highest BCUT2D eigenvalue weighted by Crippen LogP contribution is 2.37. The van der Waals surface area contributed by atoms with Crippen LogP contribution in [0.3, 0.4) is 0 Å². The number of carbonyl (C=O) groups is 2. The van der Waals surface area contributed by atoms with Crippen LogP contribution >= 0.6 is 23.2 Å². The van der Waals surface area contributed by atoms with Gasteiger partial charge in [0.2, 0.25) is 0 Å². The minimum atomic E-state index is -0.609. The molecule has 0 aliphatic carbocycles. The highest BCUT2D eigenvalue weighted by Gasteiger charge is 2.39. The van der Waals surface area contributed by atoms with E-state index in [0.29, 0.717) is 15.6 Å². The van der Waals surface area contributed by atoms with Crippen LogP contribution in [0, 0.1) is 0 Å². The highest BCUT2D eigenvalue weighted by molar-refractivity contribution is 6.42. The van der Waals surface area contributed by atoms with Gasteiger partial charge in [-0.05, 0) is 25.3 Å². The van der Waals surface area contributed by atoms with Crippen LogP contribution in [-0.2, 0) is 9.53 Å². The molecule has 0 aromatic heterocycles. The van der Waals surface area contributed by atoms with Gasteiger partial charge in [0.25, 0.3) is 0 Å². The molecule has 2 atom stereocenters. The Hall–Kier alpha value is -1.46. The summed E-state index contributed by atoms with van der Waals surface area (Å²) in [6.45, 7) is 1.49. The van der Waals surface area contributed by atoms with E-state index in [1.165, 1.54) is 0 Å². The number of halogens is 2. The Morgan fingerprint density at radius 3 is 2.70 bits per heavy atom. The topological polar surface area (TPSA) is 58.6 Å². The molecule has 23 heavy (non-hydrogen) atoms. The van der Waals surface area contributed by atoms with Crippen LogP contribution in [0.5, 0.6) is 0 Å². The standard InChI is InChI=1S/C16H18Cl2N2O3/c17-11-6-4-5-10(14(11)18)15-12(9-13(21)23-15)19-16(22)20-7-2-1-3-8-20/h4-6,12,15H,1-3,7-9H2,(H,19,22). The van der Waals surface area contributed by atoms with Crippen molar-refractivity contribution in [1.29, 1.82) is 0 Å². The van der Waals surface area contributed by atoms with E-state index in [1.807, 2.05) is 0 Å². The third-order valence-corrected chi connectivity index (χ3v) is 5.08. The van der Waals surface area contributed by atoms with Crippen molar-refractivity contribution in [2.45, 2.75) is 37.8 Å². The van der Waals surface area contributed by atoms with E-state index in [4.69, 9.17) is 27.9 Å². The first-order valence-corrected chi connectivity index (χ1v) is 8.50. The summed E-state index contributed by atoms with van der Waals surface area (Å²) in [5.74, 6) is -0.352. The molecule has 1 N–H and O–H groups in total. The number of benzene rings is 1. The molecule has 5 nitrogen and oxygen atoms in total. The van der Waals surface area contributed by atoms with Gasteiger partial charge in [-0.15, -0.1) is 0 Å². The molecular formula is C16H18Cl2N2O3. The van der Waals surface area contributed by atoms with Gasteiger partial charge in [-0.2, -0.15) is 0 Å². The summed E-state index contributed by atoms with van der Waals surface area (Å²) >= 11 is 12.3. The SMILES string of the molecule is O=C1CC(NC(=O)N2CCCCC2)C(c2cccc(Cl)c2Cl)O1. The first-order valence-electron chi connectivity index (χ1n) is 7.75. The van der Waals surface area contributed by atoms with Crippen molar-refractivity contribution in [3.8, 4) is 0 Å². The third kappa shape index (κ3) is 3.56. The van der Waals surface area contributed by atoms with E-state index >= 15 is 0 Å². The molecule has 1 aromatic carbocycles. The molecule has 0 radical (unpaired) electrons. The Balaban J connectivity index is 1.75. The number of ether oxygens (including phenoxy) is 1. The summed E-state index contributed by atoms with van der Waals surface area (Å²) in [5, 5.41) is 3.66. The minimum Gasteiger partial charge on any atom is -0.455 e. The Kier molecular flexibility index (Phi) is 4.97. The van der Waals surface area contributed by atoms with Gasteiger partial charge in [0, 0.05) is 18.7 Å². The van der Waals surface area contributed by atoms with Crippen LogP contribution in [-0.4, -0.2) is 36.0 Å². The number of rotatable bonds is 2. The largest absolute Gasteiger partial charge is 0.455 e. The summed E-state index contributed by atoms with van der Waals surface area (Å²) in [6.07, 6.45) is 2.69. The molecule has 2 fully saturated rings. The maximum absolute atomic E-state index is 12.4. The lowest BCUT2D eigenvalue weighted by atomic mass is 10.0. The lowest BCUT2D eigenvalue weighted by Crippen LogP contribution is -2.47. The van der Waals surface area contributed by atoms with Crippen LogP contribution in [0.25, 0.3) is 0 Å². The predicted molar refractivity (Wildman–Crippen MR) is 87.7 cm³/mol. The number of nitrogens with one attached hydrogen (secondary N) is 1. The van der Waals surface area contributed by atoms with Gasteiger partial charge in [-0.3, -0.25) is 4.79 Å². The van der Waals surface area contributed by atoms with E-state index < -0.39 is 12.1 Å². The van der Waals surface area contributed by atoms with E-state index in [2.05, 4.69) is 5.32 Å². The maximum atomic E-state index is 12.4. The van der Waals surface area contributed by atoms with Gasteiger partial charge in [0.15, 0.2) is 0 Å². The fourth-order valence-corrected chi connectivity index (χ4v) is 3.47. The van der Waals surface area contributed by atoms with Crippen molar-refractivity contribution in [2.75, 3.05) is 13.1 Å². The number of cyclic esters (lactones) is 1. The molecule has 2 heterocycles. The number of amides is 2. The number of urea groups is 1. The lowest BCUT2D eigenvalue weighted by molar-refractivity contribution is -0.141. The molecule has 0 spiro atoms. The van der Waals surface area contributed by atoms with Gasteiger partial charge in [0.1, 0.15) is 6.10 Å². The number of likely N-dealkylation sites (tertiary alicyclic amines) is 1. The van der Waals surface area contributed by atoms with Crippen LogP contribution in [0.2, 0.25) is 10.0 Å². The van der Waals surface area contributed by atoms with E-state index in [0.717, 1.165) is 32.4 Å². The summed E-state index contributed by atoms with van der Waals surface area (Å²) in [5.41, 5.74) is 0.619. The van der Waals surface area contributed by atoms with Crippen LogP contribution in [0.4, 0.5) is 4.79 Å². The monoisotopic (exact) mass is 356 g/mol. The van der Waals surface area contributed by atoms with Crippen LogP contribution < -0.4 is 5.32 Å². The fraction of sp³-hybridized carbons (Fsp3) is 0.500. The predicted octanol–water partition coefficient (Wildman–Crippen LogP) is 3.55. The Bertz CT molecular complexity index is 617. The molecule has 2 aliphatic heterocycles. The number of nitrogens with zero attached hydrogens (tertiary/aromatic N) is 1. The molecule has 3 rings (SSSR count). The third-order valence-electron chi connectivity index (χ3n) is 4.25. The normalized spacial score (nSPS) is 24.4. The highest BCUT2D eigenvalue weighted by atomic mass is 35.5. The quantitative estimate of drug-likeness (QED) is 0.824. The summed E-state index contributed by atoms with van der Waals surface area (Å²) in [4.78, 5) is 25.9. The minimum absolute atomic E-state index is 0.132. The van der Waals surface area contributed by atoms with Gasteiger partial charge in [-0.25, -0.2) is 4.79 Å². The summed E-state index contributed by atoms with van der Waals surface area (Å²) in [7, 11) is 0. The van der Waals surface area contributed by atoms with Crippen LogP contribution in [0.1, 0.15) is 37.4 Å². The zero-order valence-electron chi connectivity index (χ0n) is 12.6. The first-order chi connectivity index (χ1) is 11.1. The zero-order valence-corrected chi connectivity index (χ0v) is 14.1. The molecule has 2 amide bonds. The van der Waals surface area contributed by atoms with Crippen LogP contribution in [0.15, 0.2) is 18.2 Å². The zero-order chi connectivity index (χ0) is 16.4. The molecular weight excluding hydrogens is 339 g/mol. The number of carbonyl (C=O) groups excluding carboxylic acids is 2. The van der Waals surface area contributed by atoms with Crippen molar-refractivity contribution in [2.24, 2.45) is 0 Å². The van der Waals surface area contributed by atoms with Gasteiger partial charge < -0.3 is 15.0 Å². The van der Waals surface area contributed by atoms with Crippen molar-refractivity contribution in [1.82, 2.24) is 10.2 Å². The first kappa shape index (κ1) is 16.4. The van der Waals surface area contributed by atoms with Gasteiger partial charge >= 0.3 is 12.0 Å². The lowest BCUT2D eigenvalue weighted by Gasteiger charge is -2.29. The smallest absolute Gasteiger partial charge is 0.317 e. The van der Waals surface area contributed by atoms with Crippen molar-refractivity contribution in [3.05, 3.63) is 33.8 Å². The Labute approximate surface area is 144 Å². The Morgan fingerprint density at radius 1 is 1.22 bits per heavy atom. The molecule has 2 saturated heterocycles. The second-order valence-corrected chi connectivity index (χ2v) is 6.65. The molecule has 0 saturated carbocycles. The number of piperidine rings is 1. The van der Waals surface area contributed by atoms with Gasteiger partial charge in [0.05, 0.1) is 22.5 Å². The molecule has 2 aliphatic rings. The average Bonchev–Trinajstić information content (AvgIpc) is 2.91. The summed E-state index contributed by atoms with van der Waals surface area (Å²) < 4.78 is 5.37. The van der Waals surface area contributed by atoms with Crippen molar-refractivity contribution < 1.29 is 14.3 Å². The number of hydrogen-bond acceptors (Lipinski definition) is 3. The summed E-state index contributed by atoms with van der Waals surface area (Å²) in [6, 6.07) is 4.59. The second-order valence-electron chi connectivity index (χ2n) is 5.86. The molecule has 1 aromatic rings. The number of hydrogen-bond donors (Lipinski definition) is 1. The fourth-order valence-electron chi connectivity index (χ4n) is 3.05. The second kappa shape index (κ2) is 6.97. The Morgan fingerprint density at radius 2 is 1.96 bits per heavy atom. The molecule has 7 heteroatoms. The molecule has 124 valence electrons. The maximum Gasteiger partial charge on any atom is 0.317 e. The van der Waals surface area contributed by atoms with E-state index in [1.54, 1.807) is 23.1 Å². The molecule has 0 bridgehead atoms. The van der Waals surface area contributed by atoms with E-state index in [-0.39, 0.29) is 18.4 Å². The van der Waals surface area contributed by atoms with Crippen molar-refractivity contribution >= 4 is 35.2 Å².